The Balaban J connectivity index is 4.23. The van der Waals surface area contributed by atoms with Gasteiger partial charge in [-0.1, -0.05) is 0 Å². The Bertz CT molecular complexity index is 143. The molecule has 0 spiro atoms. The predicted octanol–water partition coefficient (Wildman–Crippen LogP) is 0.531. The SMILES string of the molecule is CC(C)(C=O)NC(C)(C)C=O. The van der Waals surface area contributed by atoms with E-state index < -0.39 is 11.1 Å². The summed E-state index contributed by atoms with van der Waals surface area (Å²) in [4.78, 5) is 20.9. The van der Waals surface area contributed by atoms with E-state index in [2.05, 4.69) is 5.32 Å². The minimum atomic E-state index is -0.635. The molecule has 11 heavy (non-hydrogen) atoms. The molecule has 0 aliphatic heterocycles. The fourth-order valence-electron chi connectivity index (χ4n) is 0.889. The molecule has 3 heteroatoms. The van der Waals surface area contributed by atoms with Gasteiger partial charge in [0.1, 0.15) is 12.6 Å². The van der Waals surface area contributed by atoms with Gasteiger partial charge in [0.2, 0.25) is 0 Å². The maximum atomic E-state index is 10.4. The number of hydrogen-bond donors (Lipinski definition) is 1. The van der Waals surface area contributed by atoms with Gasteiger partial charge in [0.25, 0.3) is 0 Å². The van der Waals surface area contributed by atoms with E-state index in [1.54, 1.807) is 27.7 Å². The molecule has 0 fully saturated rings. The molecule has 1 N–H and O–H groups in total. The number of rotatable bonds is 4. The van der Waals surface area contributed by atoms with Crippen molar-refractivity contribution in [2.75, 3.05) is 0 Å². The van der Waals surface area contributed by atoms with Gasteiger partial charge in [0, 0.05) is 0 Å². The van der Waals surface area contributed by atoms with Crippen LogP contribution in [0.3, 0.4) is 0 Å². The first-order chi connectivity index (χ1) is 4.83. The first-order valence-corrected chi connectivity index (χ1v) is 3.55. The van der Waals surface area contributed by atoms with Crippen LogP contribution in [0.1, 0.15) is 27.7 Å². The minimum absolute atomic E-state index is 0.635. The zero-order valence-corrected chi connectivity index (χ0v) is 7.47. The highest BCUT2D eigenvalue weighted by Gasteiger charge is 2.26. The molecule has 0 rings (SSSR count). The number of carbonyl (C=O) groups excluding carboxylic acids is 2. The van der Waals surface area contributed by atoms with E-state index in [0.29, 0.717) is 0 Å². The first-order valence-electron chi connectivity index (χ1n) is 3.55. The normalized spacial score (nSPS) is 12.7. The average molecular weight is 157 g/mol. The van der Waals surface area contributed by atoms with Crippen molar-refractivity contribution in [2.24, 2.45) is 0 Å². The van der Waals surface area contributed by atoms with Crippen molar-refractivity contribution in [2.45, 2.75) is 38.8 Å². The minimum Gasteiger partial charge on any atom is -0.301 e. The van der Waals surface area contributed by atoms with E-state index in [1.807, 2.05) is 0 Å². The topological polar surface area (TPSA) is 46.2 Å². The van der Waals surface area contributed by atoms with Gasteiger partial charge in [-0.25, -0.2) is 0 Å². The zero-order valence-electron chi connectivity index (χ0n) is 7.47. The molecule has 0 aliphatic carbocycles. The number of aldehydes is 2. The molecule has 0 amide bonds. The average Bonchev–Trinajstić information content (AvgIpc) is 1.86. The van der Waals surface area contributed by atoms with Crippen molar-refractivity contribution >= 4 is 12.6 Å². The van der Waals surface area contributed by atoms with Crippen LogP contribution in [0.15, 0.2) is 0 Å². The van der Waals surface area contributed by atoms with Crippen molar-refractivity contribution in [3.8, 4) is 0 Å². The summed E-state index contributed by atoms with van der Waals surface area (Å²) in [5.41, 5.74) is -1.27. The Kier molecular flexibility index (Phi) is 2.93. The van der Waals surface area contributed by atoms with Gasteiger partial charge in [-0.3, -0.25) is 5.32 Å². The van der Waals surface area contributed by atoms with Crippen LogP contribution in [0.5, 0.6) is 0 Å². The van der Waals surface area contributed by atoms with Crippen LogP contribution in [0.4, 0.5) is 0 Å². The molecule has 64 valence electrons. The zero-order chi connectivity index (χ0) is 9.12. The smallest absolute Gasteiger partial charge is 0.139 e. The second-order valence-corrected chi connectivity index (χ2v) is 3.80. The summed E-state index contributed by atoms with van der Waals surface area (Å²) in [6.07, 6.45) is 1.58. The highest BCUT2D eigenvalue weighted by molar-refractivity contribution is 5.68. The van der Waals surface area contributed by atoms with Gasteiger partial charge in [-0.15, -0.1) is 0 Å². The van der Waals surface area contributed by atoms with Crippen molar-refractivity contribution in [3.05, 3.63) is 0 Å². The molecular weight excluding hydrogens is 142 g/mol. The van der Waals surface area contributed by atoms with Gasteiger partial charge in [-0.05, 0) is 27.7 Å². The molecule has 0 aliphatic rings. The summed E-state index contributed by atoms with van der Waals surface area (Å²) in [6, 6.07) is 0. The third kappa shape index (κ3) is 3.88. The lowest BCUT2D eigenvalue weighted by molar-refractivity contribution is -0.116. The van der Waals surface area contributed by atoms with E-state index >= 15 is 0 Å². The van der Waals surface area contributed by atoms with E-state index in [-0.39, 0.29) is 0 Å². The van der Waals surface area contributed by atoms with Crippen molar-refractivity contribution in [1.29, 1.82) is 0 Å². The molecule has 0 heterocycles. The van der Waals surface area contributed by atoms with Crippen molar-refractivity contribution < 1.29 is 9.59 Å². The molecule has 0 radical (unpaired) electrons. The summed E-state index contributed by atoms with van der Waals surface area (Å²) in [5, 5.41) is 2.90. The summed E-state index contributed by atoms with van der Waals surface area (Å²) in [7, 11) is 0. The Morgan fingerprint density at radius 2 is 1.18 bits per heavy atom. The second kappa shape index (κ2) is 3.13. The molecule has 0 aromatic carbocycles. The van der Waals surface area contributed by atoms with Crippen LogP contribution < -0.4 is 5.32 Å². The summed E-state index contributed by atoms with van der Waals surface area (Å²) >= 11 is 0. The van der Waals surface area contributed by atoms with E-state index in [0.717, 1.165) is 12.6 Å². The molecule has 0 aromatic heterocycles. The van der Waals surface area contributed by atoms with Crippen LogP contribution in [0, 0.1) is 0 Å². The quantitative estimate of drug-likeness (QED) is 0.605. The van der Waals surface area contributed by atoms with E-state index in [1.165, 1.54) is 0 Å². The van der Waals surface area contributed by atoms with Crippen LogP contribution in [-0.2, 0) is 9.59 Å². The maximum Gasteiger partial charge on any atom is 0.139 e. The summed E-state index contributed by atoms with van der Waals surface area (Å²) in [5.74, 6) is 0. The van der Waals surface area contributed by atoms with Gasteiger partial charge < -0.3 is 9.59 Å². The van der Waals surface area contributed by atoms with Gasteiger partial charge in [0.15, 0.2) is 0 Å². The maximum absolute atomic E-state index is 10.4. The van der Waals surface area contributed by atoms with Crippen LogP contribution in [-0.4, -0.2) is 23.7 Å². The standard InChI is InChI=1S/C8H15NO2/c1-7(2,5-10)9-8(3,4)6-11/h5-6,9H,1-4H3. The highest BCUT2D eigenvalue weighted by atomic mass is 16.1. The lowest BCUT2D eigenvalue weighted by Gasteiger charge is -2.28. The Morgan fingerprint density at radius 3 is 1.36 bits per heavy atom. The second-order valence-electron chi connectivity index (χ2n) is 3.80. The van der Waals surface area contributed by atoms with Crippen molar-refractivity contribution in [1.82, 2.24) is 5.32 Å². The van der Waals surface area contributed by atoms with Crippen molar-refractivity contribution in [3.63, 3.8) is 0 Å². The molecular formula is C8H15NO2. The molecule has 0 bridgehead atoms. The Morgan fingerprint density at radius 1 is 0.909 bits per heavy atom. The largest absolute Gasteiger partial charge is 0.301 e. The highest BCUT2D eigenvalue weighted by Crippen LogP contribution is 2.05. The van der Waals surface area contributed by atoms with Gasteiger partial charge in [0.05, 0.1) is 11.1 Å². The van der Waals surface area contributed by atoms with Crippen LogP contribution >= 0.6 is 0 Å². The summed E-state index contributed by atoms with van der Waals surface area (Å²) in [6.45, 7) is 6.91. The molecule has 0 saturated heterocycles. The Labute approximate surface area is 67.2 Å². The number of hydrogen-bond acceptors (Lipinski definition) is 3. The molecule has 0 unspecified atom stereocenters. The van der Waals surface area contributed by atoms with Crippen LogP contribution in [0.2, 0.25) is 0 Å². The summed E-state index contributed by atoms with van der Waals surface area (Å²) < 4.78 is 0. The third-order valence-electron chi connectivity index (χ3n) is 1.23. The molecule has 0 saturated carbocycles. The first kappa shape index (κ1) is 10.3. The number of carbonyl (C=O) groups is 2. The molecule has 0 aromatic rings. The van der Waals surface area contributed by atoms with E-state index in [4.69, 9.17) is 0 Å². The lowest BCUT2D eigenvalue weighted by Crippen LogP contribution is -2.53. The van der Waals surface area contributed by atoms with Gasteiger partial charge >= 0.3 is 0 Å². The van der Waals surface area contributed by atoms with E-state index in [9.17, 15) is 9.59 Å². The van der Waals surface area contributed by atoms with Gasteiger partial charge in [-0.2, -0.15) is 0 Å². The van der Waals surface area contributed by atoms with Crippen LogP contribution in [0.25, 0.3) is 0 Å². The monoisotopic (exact) mass is 157 g/mol. The predicted molar refractivity (Wildman–Crippen MR) is 43.4 cm³/mol. The lowest BCUT2D eigenvalue weighted by atomic mass is 10.0. The fourth-order valence-corrected chi connectivity index (χ4v) is 0.889. The third-order valence-corrected chi connectivity index (χ3v) is 1.23. The fraction of sp³-hybridized carbons (Fsp3) is 0.750. The Hall–Kier alpha value is -0.700. The molecule has 0 atom stereocenters. The molecule has 3 nitrogen and oxygen atoms in total. The number of nitrogens with one attached hydrogen (secondary N) is 1.